The highest BCUT2D eigenvalue weighted by molar-refractivity contribution is 6.30. The Kier molecular flexibility index (Phi) is 5.76. The lowest BCUT2D eigenvalue weighted by Gasteiger charge is -2.25. The van der Waals surface area contributed by atoms with Crippen molar-refractivity contribution in [3.05, 3.63) is 58.6 Å². The summed E-state index contributed by atoms with van der Waals surface area (Å²) in [6, 6.07) is 13.1. The summed E-state index contributed by atoms with van der Waals surface area (Å²) in [5.41, 5.74) is 2.71. The highest BCUT2D eigenvalue weighted by Gasteiger charge is 2.27. The van der Waals surface area contributed by atoms with Crippen molar-refractivity contribution in [2.24, 2.45) is 5.16 Å². The van der Waals surface area contributed by atoms with Crippen LogP contribution in [0.5, 0.6) is 11.5 Å². The Hall–Kier alpha value is -2.93. The first-order valence-electron chi connectivity index (χ1n) is 9.52. The quantitative estimate of drug-likeness (QED) is 0.779. The van der Waals surface area contributed by atoms with Crippen LogP contribution in [0.1, 0.15) is 24.5 Å². The largest absolute Gasteiger partial charge is 0.454 e. The maximum absolute atomic E-state index is 12.6. The van der Waals surface area contributed by atoms with Gasteiger partial charge in [-0.05, 0) is 42.8 Å². The lowest BCUT2D eigenvalue weighted by Crippen LogP contribution is -2.43. The van der Waals surface area contributed by atoms with E-state index >= 15 is 0 Å². The summed E-state index contributed by atoms with van der Waals surface area (Å²) in [6.07, 6.45) is 0.377. The lowest BCUT2D eigenvalue weighted by atomic mass is 10.0. The molecule has 2 aliphatic heterocycles. The number of nitrogens with zero attached hydrogens (tertiary/aromatic N) is 2. The minimum absolute atomic E-state index is 0.146. The van der Waals surface area contributed by atoms with E-state index in [0.29, 0.717) is 36.8 Å². The third-order valence-electron chi connectivity index (χ3n) is 4.74. The molecule has 0 aliphatic carbocycles. The molecule has 4 rings (SSSR count). The Labute approximate surface area is 174 Å². The van der Waals surface area contributed by atoms with Crippen molar-refractivity contribution in [2.75, 3.05) is 19.9 Å². The van der Waals surface area contributed by atoms with E-state index in [4.69, 9.17) is 25.9 Å². The lowest BCUT2D eigenvalue weighted by molar-refractivity contribution is 0.0590. The van der Waals surface area contributed by atoms with E-state index in [0.717, 1.165) is 22.6 Å². The SMILES string of the molecule is CCNC(=O)N(Cc1cccc(Cl)c1)C[C@H]1CC(c2ccc3c(c2)OCO3)=NO1. The van der Waals surface area contributed by atoms with Crippen molar-refractivity contribution < 1.29 is 19.1 Å². The fourth-order valence-electron chi connectivity index (χ4n) is 3.36. The van der Waals surface area contributed by atoms with Gasteiger partial charge in [-0.2, -0.15) is 0 Å². The second-order valence-electron chi connectivity index (χ2n) is 6.88. The number of rotatable bonds is 6. The van der Waals surface area contributed by atoms with Gasteiger partial charge >= 0.3 is 6.03 Å². The Morgan fingerprint density at radius 3 is 2.93 bits per heavy atom. The number of carbonyl (C=O) groups is 1. The molecule has 2 aliphatic rings. The number of amides is 2. The predicted molar refractivity (Wildman–Crippen MR) is 110 cm³/mol. The van der Waals surface area contributed by atoms with Crippen LogP contribution in [0.4, 0.5) is 4.79 Å². The third kappa shape index (κ3) is 4.56. The second kappa shape index (κ2) is 8.61. The van der Waals surface area contributed by atoms with Gasteiger partial charge in [0.15, 0.2) is 17.6 Å². The van der Waals surface area contributed by atoms with Gasteiger partial charge in [0, 0.05) is 30.1 Å². The molecule has 0 saturated heterocycles. The summed E-state index contributed by atoms with van der Waals surface area (Å²) in [5, 5.41) is 7.73. The number of benzene rings is 2. The molecule has 29 heavy (non-hydrogen) atoms. The summed E-state index contributed by atoms with van der Waals surface area (Å²) >= 11 is 6.09. The molecule has 2 aromatic carbocycles. The van der Waals surface area contributed by atoms with E-state index in [1.165, 1.54) is 0 Å². The standard InChI is InChI=1S/C21H22ClN3O4/c1-2-23-21(26)25(11-14-4-3-5-16(22)8-14)12-17-10-18(24-29-17)15-6-7-19-20(9-15)28-13-27-19/h3-9,17H,2,10-13H2,1H3,(H,23,26)/t17-/m1/s1. The molecule has 2 aromatic rings. The molecule has 0 unspecified atom stereocenters. The number of carbonyl (C=O) groups excluding carboxylic acids is 1. The fourth-order valence-corrected chi connectivity index (χ4v) is 3.57. The van der Waals surface area contributed by atoms with Crippen molar-refractivity contribution >= 4 is 23.3 Å². The van der Waals surface area contributed by atoms with Gasteiger partial charge in [-0.1, -0.05) is 28.9 Å². The van der Waals surface area contributed by atoms with Gasteiger partial charge in [-0.15, -0.1) is 0 Å². The molecule has 0 bridgehead atoms. The summed E-state index contributed by atoms with van der Waals surface area (Å²) in [5.74, 6) is 1.44. The van der Waals surface area contributed by atoms with Crippen LogP contribution in [-0.2, 0) is 11.4 Å². The molecule has 0 spiro atoms. The van der Waals surface area contributed by atoms with Gasteiger partial charge in [0.25, 0.3) is 0 Å². The Balaban J connectivity index is 1.42. The molecule has 0 fully saturated rings. The zero-order valence-corrected chi connectivity index (χ0v) is 16.8. The van der Waals surface area contributed by atoms with Crippen LogP contribution in [0.2, 0.25) is 5.02 Å². The van der Waals surface area contributed by atoms with Gasteiger partial charge < -0.3 is 24.5 Å². The number of ether oxygens (including phenoxy) is 2. The number of fused-ring (bicyclic) bond motifs is 1. The highest BCUT2D eigenvalue weighted by atomic mass is 35.5. The molecule has 0 radical (unpaired) electrons. The number of nitrogens with one attached hydrogen (secondary N) is 1. The van der Waals surface area contributed by atoms with E-state index in [1.54, 1.807) is 4.90 Å². The van der Waals surface area contributed by atoms with E-state index < -0.39 is 0 Å². The van der Waals surface area contributed by atoms with Gasteiger partial charge in [-0.25, -0.2) is 4.79 Å². The molecule has 2 amide bonds. The van der Waals surface area contributed by atoms with E-state index in [2.05, 4.69) is 10.5 Å². The first-order valence-corrected chi connectivity index (χ1v) is 9.90. The average molecular weight is 416 g/mol. The van der Waals surface area contributed by atoms with E-state index in [9.17, 15) is 4.79 Å². The summed E-state index contributed by atoms with van der Waals surface area (Å²) in [4.78, 5) is 19.9. The number of halogens is 1. The van der Waals surface area contributed by atoms with Gasteiger partial charge in [-0.3, -0.25) is 0 Å². The van der Waals surface area contributed by atoms with Crippen LogP contribution in [0, 0.1) is 0 Å². The van der Waals surface area contributed by atoms with Crippen LogP contribution < -0.4 is 14.8 Å². The molecule has 0 aromatic heterocycles. The van der Waals surface area contributed by atoms with Gasteiger partial charge in [0.05, 0.1) is 12.3 Å². The topological polar surface area (TPSA) is 72.4 Å². The molecule has 2 heterocycles. The Morgan fingerprint density at radius 1 is 1.24 bits per heavy atom. The highest BCUT2D eigenvalue weighted by Crippen LogP contribution is 2.33. The Bertz CT molecular complexity index is 934. The van der Waals surface area contributed by atoms with Crippen molar-refractivity contribution in [1.82, 2.24) is 10.2 Å². The molecule has 7 nitrogen and oxygen atoms in total. The van der Waals surface area contributed by atoms with Crippen molar-refractivity contribution in [3.63, 3.8) is 0 Å². The maximum Gasteiger partial charge on any atom is 0.317 e. The van der Waals surface area contributed by atoms with Crippen molar-refractivity contribution in [1.29, 1.82) is 0 Å². The second-order valence-corrected chi connectivity index (χ2v) is 7.32. The molecular formula is C21H22ClN3O4. The van der Waals surface area contributed by atoms with Crippen LogP contribution in [0.25, 0.3) is 0 Å². The molecule has 0 saturated carbocycles. The smallest absolute Gasteiger partial charge is 0.317 e. The number of urea groups is 1. The van der Waals surface area contributed by atoms with Crippen LogP contribution >= 0.6 is 11.6 Å². The molecule has 1 N–H and O–H groups in total. The zero-order chi connectivity index (χ0) is 20.2. The summed E-state index contributed by atoms with van der Waals surface area (Å²) in [6.45, 7) is 3.52. The van der Waals surface area contributed by atoms with Crippen molar-refractivity contribution in [3.8, 4) is 11.5 Å². The first kappa shape index (κ1) is 19.4. The molecular weight excluding hydrogens is 394 g/mol. The Morgan fingerprint density at radius 2 is 2.10 bits per heavy atom. The minimum atomic E-state index is -0.225. The first-order chi connectivity index (χ1) is 14.1. The van der Waals surface area contributed by atoms with Crippen molar-refractivity contribution in [2.45, 2.75) is 26.0 Å². The normalized spacial score (nSPS) is 16.9. The number of hydrogen-bond acceptors (Lipinski definition) is 5. The number of oxime groups is 1. The summed E-state index contributed by atoms with van der Waals surface area (Å²) in [7, 11) is 0. The van der Waals surface area contributed by atoms with Crippen LogP contribution in [0.15, 0.2) is 47.6 Å². The minimum Gasteiger partial charge on any atom is -0.454 e. The summed E-state index contributed by atoms with van der Waals surface area (Å²) < 4.78 is 10.8. The fraction of sp³-hybridized carbons (Fsp3) is 0.333. The monoisotopic (exact) mass is 415 g/mol. The van der Waals surface area contributed by atoms with Gasteiger partial charge in [0.1, 0.15) is 0 Å². The zero-order valence-electron chi connectivity index (χ0n) is 16.1. The number of hydrogen-bond donors (Lipinski definition) is 1. The maximum atomic E-state index is 12.6. The van der Waals surface area contributed by atoms with Crippen LogP contribution in [0.3, 0.4) is 0 Å². The van der Waals surface area contributed by atoms with E-state index in [-0.39, 0.29) is 18.9 Å². The van der Waals surface area contributed by atoms with E-state index in [1.807, 2.05) is 49.4 Å². The molecule has 8 heteroatoms. The average Bonchev–Trinajstić information content (AvgIpc) is 3.36. The predicted octanol–water partition coefficient (Wildman–Crippen LogP) is 3.79. The third-order valence-corrected chi connectivity index (χ3v) is 4.98. The molecule has 152 valence electrons. The van der Waals surface area contributed by atoms with Crippen LogP contribution in [-0.4, -0.2) is 42.6 Å². The van der Waals surface area contributed by atoms with Gasteiger partial charge in [0.2, 0.25) is 6.79 Å². The molecule has 1 atom stereocenters.